The molecule has 0 bridgehead atoms. The van der Waals surface area contributed by atoms with Crippen molar-refractivity contribution in [3.63, 3.8) is 0 Å². The summed E-state index contributed by atoms with van der Waals surface area (Å²) in [5.41, 5.74) is -4.15. The molecule has 28 atom stereocenters. The molecule has 5 saturated heterocycles. The first-order chi connectivity index (χ1) is 30.6. The van der Waals surface area contributed by atoms with Crippen molar-refractivity contribution < 1.29 is 99.2 Å². The van der Waals surface area contributed by atoms with Crippen molar-refractivity contribution in [2.75, 3.05) is 19.8 Å². The third-order valence-corrected chi connectivity index (χ3v) is 18.6. The maximum atomic E-state index is 13.0. The summed E-state index contributed by atoms with van der Waals surface area (Å²) in [6.07, 6.45) is -23.2. The quantitative estimate of drug-likeness (QED) is 0.112. The predicted octanol–water partition coefficient (Wildman–Crippen LogP) is -2.51. The number of hydrogen-bond acceptors (Lipinski definition) is 20. The van der Waals surface area contributed by atoms with Gasteiger partial charge in [0.15, 0.2) is 24.7 Å². The van der Waals surface area contributed by atoms with E-state index in [4.69, 9.17) is 37.9 Å². The largest absolute Gasteiger partial charge is 0.394 e. The Hall–Kier alpha value is -0.800. The fourth-order valence-electron chi connectivity index (χ4n) is 14.6. The lowest BCUT2D eigenvalue weighted by molar-refractivity contribution is -0.392. The Morgan fingerprint density at radius 1 is 0.615 bits per heavy atom. The van der Waals surface area contributed by atoms with Gasteiger partial charge in [-0.1, -0.05) is 27.7 Å². The van der Waals surface area contributed by atoms with Crippen LogP contribution >= 0.6 is 0 Å². The summed E-state index contributed by atoms with van der Waals surface area (Å²) in [6, 6.07) is 0. The summed E-state index contributed by atoms with van der Waals surface area (Å²) in [4.78, 5) is 0. The van der Waals surface area contributed by atoms with Crippen molar-refractivity contribution in [1.29, 1.82) is 0 Å². The van der Waals surface area contributed by atoms with E-state index in [-0.39, 0.29) is 48.0 Å². The van der Waals surface area contributed by atoms with Crippen LogP contribution in [0.2, 0.25) is 0 Å². The van der Waals surface area contributed by atoms with Crippen LogP contribution in [-0.4, -0.2) is 209 Å². The smallest absolute Gasteiger partial charge is 0.187 e. The zero-order valence-corrected chi connectivity index (χ0v) is 37.9. The molecule has 20 heteroatoms. The van der Waals surface area contributed by atoms with E-state index >= 15 is 0 Å². The van der Waals surface area contributed by atoms with Gasteiger partial charge in [0, 0.05) is 24.2 Å². The van der Waals surface area contributed by atoms with E-state index < -0.39 is 140 Å². The van der Waals surface area contributed by atoms with Crippen LogP contribution in [0, 0.1) is 40.4 Å². The van der Waals surface area contributed by atoms with Crippen molar-refractivity contribution in [1.82, 2.24) is 0 Å². The number of fused-ring (bicyclic) bond motifs is 7. The molecule has 0 radical (unpaired) electrons. The summed E-state index contributed by atoms with van der Waals surface area (Å²) in [5.74, 6) is 0.301. The number of rotatable bonds is 8. The van der Waals surface area contributed by atoms with Gasteiger partial charge >= 0.3 is 0 Å². The predicted molar refractivity (Wildman–Crippen MR) is 219 cm³/mol. The molecule has 0 aromatic heterocycles. The highest BCUT2D eigenvalue weighted by Gasteiger charge is 2.75. The molecule has 12 N–H and O–H groups in total. The highest BCUT2D eigenvalue weighted by atomic mass is 16.8. The van der Waals surface area contributed by atoms with Crippen LogP contribution < -0.4 is 0 Å². The van der Waals surface area contributed by atoms with Crippen LogP contribution in [0.4, 0.5) is 0 Å². The monoisotopic (exact) mass is 934 g/mol. The number of ether oxygens (including phenoxy) is 8. The van der Waals surface area contributed by atoms with Crippen LogP contribution in [0.3, 0.4) is 0 Å². The lowest BCUT2D eigenvalue weighted by Gasteiger charge is -2.68. The van der Waals surface area contributed by atoms with Gasteiger partial charge in [-0.15, -0.1) is 0 Å². The maximum absolute atomic E-state index is 13.0. The highest BCUT2D eigenvalue weighted by molar-refractivity contribution is 5.24. The molecule has 5 heterocycles. The Labute approximate surface area is 378 Å². The molecule has 0 amide bonds. The van der Waals surface area contributed by atoms with Crippen LogP contribution in [0.25, 0.3) is 0 Å². The van der Waals surface area contributed by atoms with Gasteiger partial charge in [-0.05, 0) is 81.0 Å². The molecule has 0 unspecified atom stereocenters. The summed E-state index contributed by atoms with van der Waals surface area (Å²) >= 11 is 0. The van der Waals surface area contributed by atoms with Crippen LogP contribution in [-0.2, 0) is 37.9 Å². The molecule has 4 aliphatic carbocycles. The molecule has 374 valence electrons. The molecular weight excluding hydrogens is 860 g/mol. The lowest BCUT2D eigenvalue weighted by Crippen LogP contribution is -2.74. The first kappa shape index (κ1) is 49.2. The molecule has 0 aromatic rings. The topological polar surface area (TPSA) is 317 Å². The molecule has 65 heavy (non-hydrogen) atoms. The molecule has 1 spiro atoms. The average Bonchev–Trinajstić information content (AvgIpc) is 3.71. The molecular formula is C45H74O20. The van der Waals surface area contributed by atoms with Crippen molar-refractivity contribution in [3.8, 4) is 0 Å². The summed E-state index contributed by atoms with van der Waals surface area (Å²) in [6.45, 7) is 9.11. The van der Waals surface area contributed by atoms with Gasteiger partial charge in [0.1, 0.15) is 67.1 Å². The van der Waals surface area contributed by atoms with Crippen molar-refractivity contribution in [3.05, 3.63) is 0 Å². The number of hydrogen-bond donors (Lipinski definition) is 12. The van der Waals surface area contributed by atoms with E-state index in [1.165, 1.54) is 6.92 Å². The first-order valence-electron chi connectivity index (χ1n) is 23.9. The Kier molecular flexibility index (Phi) is 13.2. The maximum Gasteiger partial charge on any atom is 0.187 e. The third kappa shape index (κ3) is 7.54. The van der Waals surface area contributed by atoms with Crippen molar-refractivity contribution >= 4 is 0 Å². The van der Waals surface area contributed by atoms with Gasteiger partial charge < -0.3 is 99.2 Å². The Morgan fingerprint density at radius 2 is 1.28 bits per heavy atom. The zero-order chi connectivity index (χ0) is 46.9. The minimum Gasteiger partial charge on any atom is -0.394 e. The van der Waals surface area contributed by atoms with Crippen LogP contribution in [0.5, 0.6) is 0 Å². The van der Waals surface area contributed by atoms with Gasteiger partial charge in [-0.3, -0.25) is 0 Å². The highest BCUT2D eigenvalue weighted by Crippen LogP contribution is 2.73. The minimum absolute atomic E-state index is 0.00224. The van der Waals surface area contributed by atoms with Gasteiger partial charge in [-0.25, -0.2) is 0 Å². The summed E-state index contributed by atoms with van der Waals surface area (Å²) in [5, 5.41) is 134. The summed E-state index contributed by atoms with van der Waals surface area (Å²) < 4.78 is 48.6. The lowest BCUT2D eigenvalue weighted by atomic mass is 9.40. The van der Waals surface area contributed by atoms with E-state index in [0.29, 0.717) is 38.2 Å². The standard InChI is InChI=1S/C45H74O20/c1-18-6-9-45(58-17-18)19(2)28-24(65-45)12-22-21-7-8-43(56)14-25(23(48)13-42(43,5)44(21,57)11-10-41(22,28)4)60-39-35(55)36(31(51)27(16-47)61-39)63-40-37(33(53)30(50)26(15-46)62-40)64-38-34(54)32(52)29(49)20(3)59-38/h18-40,46-57H,6-17H2,1-5H3/t18-,19-,20+,21+,22-,23-,24-,25-,26-,27+,28-,29-,30+,31+,32-,33-,34-,35+,36-,37-,38+,39-,40-,41+,42-,43-,44+,45+/m0/s1. The fourth-order valence-corrected chi connectivity index (χ4v) is 14.6. The molecule has 9 fully saturated rings. The SMILES string of the molecule is C[C@H]1CC[C@@]2(OC1)O[C@H]1C[C@H]3[C@H]4CC[C@]5(O)C[C@H](O[C@H]6O[C@H](CO)[C@@H](O)[C@H](O[C@@H]7O[C@@H](CO)[C@@H](O)[C@H](O)[C@@H]7O[C@H]7O[C@H](C)[C@H](O)[C@H](O)[C@@H]7O)[C@H]6O)[C@@H](O)C[C@]5(C)[C@@]4(O)CC[C@@]3(C)[C@H]1[C@@H]2C. The molecule has 9 aliphatic rings. The first-order valence-corrected chi connectivity index (χ1v) is 23.9. The van der Waals surface area contributed by atoms with E-state index in [1.54, 1.807) is 0 Å². The van der Waals surface area contributed by atoms with Gasteiger partial charge in [0.2, 0.25) is 0 Å². The molecule has 5 aliphatic heterocycles. The second-order valence-corrected chi connectivity index (χ2v) is 22.0. The van der Waals surface area contributed by atoms with Crippen LogP contribution in [0.1, 0.15) is 92.4 Å². The minimum atomic E-state index is -1.90. The molecule has 4 saturated carbocycles. The van der Waals surface area contributed by atoms with E-state index in [1.807, 2.05) is 6.92 Å². The molecule has 20 nitrogen and oxygen atoms in total. The van der Waals surface area contributed by atoms with Crippen LogP contribution in [0.15, 0.2) is 0 Å². The molecule has 9 rings (SSSR count). The van der Waals surface area contributed by atoms with Crippen molar-refractivity contribution in [2.24, 2.45) is 40.4 Å². The third-order valence-electron chi connectivity index (χ3n) is 18.6. The van der Waals surface area contributed by atoms with E-state index in [2.05, 4.69) is 20.8 Å². The fraction of sp³-hybridized carbons (Fsp3) is 1.00. The van der Waals surface area contributed by atoms with Gasteiger partial charge in [0.25, 0.3) is 0 Å². The van der Waals surface area contributed by atoms with Gasteiger partial charge in [-0.2, -0.15) is 0 Å². The average molecular weight is 935 g/mol. The summed E-state index contributed by atoms with van der Waals surface area (Å²) in [7, 11) is 0. The van der Waals surface area contributed by atoms with E-state index in [9.17, 15) is 61.3 Å². The van der Waals surface area contributed by atoms with Gasteiger partial charge in [0.05, 0.1) is 55.4 Å². The zero-order valence-electron chi connectivity index (χ0n) is 37.9. The Morgan fingerprint density at radius 3 is 1.95 bits per heavy atom. The van der Waals surface area contributed by atoms with E-state index in [0.717, 1.165) is 19.3 Å². The molecule has 0 aromatic carbocycles. The Balaban J connectivity index is 0.906. The number of aliphatic hydroxyl groups excluding tert-OH is 10. The normalized spacial score (nSPS) is 60.2. The number of aliphatic hydroxyl groups is 12. The second-order valence-electron chi connectivity index (χ2n) is 22.0. The second kappa shape index (κ2) is 17.5. The van der Waals surface area contributed by atoms with Crippen molar-refractivity contribution in [2.45, 2.75) is 220 Å². The Bertz CT molecular complexity index is 1690.